The van der Waals surface area contributed by atoms with Gasteiger partial charge in [-0.25, -0.2) is 0 Å². The summed E-state index contributed by atoms with van der Waals surface area (Å²) in [5.74, 6) is 0.956. The van der Waals surface area contributed by atoms with Gasteiger partial charge >= 0.3 is 0 Å². The molecule has 3 heteroatoms. The van der Waals surface area contributed by atoms with E-state index in [0.717, 1.165) is 25.3 Å². The molecule has 2 aromatic rings. The number of nitrogens with one attached hydrogen (secondary N) is 1. The van der Waals surface area contributed by atoms with Crippen LogP contribution >= 0.6 is 11.3 Å². The molecule has 0 aliphatic rings. The fourth-order valence-electron chi connectivity index (χ4n) is 2.02. The zero-order valence-electron chi connectivity index (χ0n) is 11.6. The summed E-state index contributed by atoms with van der Waals surface area (Å²) in [6, 6.07) is 10.9. The maximum Gasteiger partial charge on any atom is 0.119 e. The summed E-state index contributed by atoms with van der Waals surface area (Å²) < 4.78 is 5.83. The highest BCUT2D eigenvalue weighted by molar-refractivity contribution is 7.07. The number of benzene rings is 1. The summed E-state index contributed by atoms with van der Waals surface area (Å²) in [7, 11) is 0. The van der Waals surface area contributed by atoms with E-state index in [2.05, 4.69) is 54.2 Å². The minimum absolute atomic E-state index is 0.366. The zero-order valence-corrected chi connectivity index (χ0v) is 12.4. The third-order valence-corrected chi connectivity index (χ3v) is 3.84. The van der Waals surface area contributed by atoms with Gasteiger partial charge in [0.25, 0.3) is 0 Å². The van der Waals surface area contributed by atoms with Crippen LogP contribution in [0.4, 0.5) is 0 Å². The van der Waals surface area contributed by atoms with E-state index in [9.17, 15) is 0 Å². The average molecular weight is 275 g/mol. The van der Waals surface area contributed by atoms with E-state index >= 15 is 0 Å². The van der Waals surface area contributed by atoms with E-state index in [1.165, 1.54) is 11.1 Å². The van der Waals surface area contributed by atoms with E-state index in [0.29, 0.717) is 6.04 Å². The summed E-state index contributed by atoms with van der Waals surface area (Å²) >= 11 is 1.73. The number of thiophene rings is 1. The molecule has 0 saturated carbocycles. The van der Waals surface area contributed by atoms with Crippen LogP contribution in [0.2, 0.25) is 0 Å². The van der Waals surface area contributed by atoms with Crippen molar-refractivity contribution in [2.24, 2.45) is 0 Å². The second kappa shape index (κ2) is 7.31. The lowest BCUT2D eigenvalue weighted by molar-refractivity contribution is 0.321. The lowest BCUT2D eigenvalue weighted by atomic mass is 10.1. The van der Waals surface area contributed by atoms with Gasteiger partial charge in [-0.2, -0.15) is 11.3 Å². The van der Waals surface area contributed by atoms with Crippen LogP contribution in [0.3, 0.4) is 0 Å². The number of ether oxygens (including phenoxy) is 1. The van der Waals surface area contributed by atoms with Crippen molar-refractivity contribution in [3.05, 3.63) is 52.2 Å². The van der Waals surface area contributed by atoms with E-state index in [-0.39, 0.29) is 0 Å². The van der Waals surface area contributed by atoms with Gasteiger partial charge in [-0.05, 0) is 53.6 Å². The zero-order chi connectivity index (χ0) is 13.5. The molecular formula is C16H21NOS. The molecule has 2 nitrogen and oxygen atoms in total. The van der Waals surface area contributed by atoms with Gasteiger partial charge < -0.3 is 10.1 Å². The van der Waals surface area contributed by atoms with E-state index in [1.807, 2.05) is 6.07 Å². The Labute approximate surface area is 119 Å². The van der Waals surface area contributed by atoms with E-state index in [1.54, 1.807) is 11.3 Å². The Morgan fingerprint density at radius 3 is 2.95 bits per heavy atom. The average Bonchev–Trinajstić information content (AvgIpc) is 2.93. The largest absolute Gasteiger partial charge is 0.493 e. The maximum atomic E-state index is 5.83. The van der Waals surface area contributed by atoms with Crippen LogP contribution in [-0.2, 0) is 6.42 Å². The van der Waals surface area contributed by atoms with Gasteiger partial charge in [0.1, 0.15) is 5.75 Å². The minimum atomic E-state index is 0.366. The van der Waals surface area contributed by atoms with Crippen molar-refractivity contribution in [3.63, 3.8) is 0 Å². The molecule has 1 unspecified atom stereocenters. The first-order valence-electron chi connectivity index (χ1n) is 6.77. The van der Waals surface area contributed by atoms with Crippen molar-refractivity contribution in [2.45, 2.75) is 26.3 Å². The molecule has 0 aliphatic carbocycles. The van der Waals surface area contributed by atoms with Gasteiger partial charge in [0.15, 0.2) is 0 Å². The molecule has 0 fully saturated rings. The molecule has 1 aromatic heterocycles. The molecule has 0 aliphatic heterocycles. The van der Waals surface area contributed by atoms with Gasteiger partial charge in [-0.3, -0.25) is 0 Å². The van der Waals surface area contributed by atoms with Crippen molar-refractivity contribution in [2.75, 3.05) is 13.2 Å². The van der Waals surface area contributed by atoms with Crippen molar-refractivity contribution in [1.82, 2.24) is 5.32 Å². The summed E-state index contributed by atoms with van der Waals surface area (Å²) in [6.07, 6.45) is 0.969. The second-order valence-electron chi connectivity index (χ2n) is 4.58. The monoisotopic (exact) mass is 275 g/mol. The van der Waals surface area contributed by atoms with E-state index < -0.39 is 0 Å². The Kier molecular flexibility index (Phi) is 5.43. The predicted molar refractivity (Wildman–Crippen MR) is 82.1 cm³/mol. The van der Waals surface area contributed by atoms with Gasteiger partial charge in [0.2, 0.25) is 0 Å². The maximum absolute atomic E-state index is 5.83. The molecule has 0 saturated heterocycles. The summed E-state index contributed by atoms with van der Waals surface area (Å²) in [6.45, 7) is 6.01. The summed E-state index contributed by atoms with van der Waals surface area (Å²) in [5.41, 5.74) is 2.62. The Hall–Kier alpha value is -1.32. The summed E-state index contributed by atoms with van der Waals surface area (Å²) in [4.78, 5) is 0. The first-order valence-corrected chi connectivity index (χ1v) is 7.71. The number of hydrogen-bond acceptors (Lipinski definition) is 3. The molecule has 0 amide bonds. The van der Waals surface area contributed by atoms with Crippen molar-refractivity contribution < 1.29 is 4.74 Å². The van der Waals surface area contributed by atoms with Gasteiger partial charge in [0.05, 0.1) is 6.61 Å². The van der Waals surface area contributed by atoms with Crippen LogP contribution in [0.5, 0.6) is 5.75 Å². The third-order valence-electron chi connectivity index (χ3n) is 3.11. The fraction of sp³-hybridized carbons (Fsp3) is 0.375. The Bertz CT molecular complexity index is 481. The summed E-state index contributed by atoms with van der Waals surface area (Å²) in [5, 5.41) is 7.69. The Morgan fingerprint density at radius 2 is 2.21 bits per heavy atom. The lowest BCUT2D eigenvalue weighted by Crippen LogP contribution is -2.17. The highest BCUT2D eigenvalue weighted by Crippen LogP contribution is 2.19. The molecule has 1 N–H and O–H groups in total. The molecule has 0 bridgehead atoms. The molecule has 0 radical (unpaired) electrons. The van der Waals surface area contributed by atoms with Crippen LogP contribution in [0.1, 0.15) is 31.0 Å². The standard InChI is InChI=1S/C16H21NOS/c1-3-17-13(2)15-5-4-6-16(11-15)18-9-7-14-8-10-19-12-14/h4-6,8,10-13,17H,3,7,9H2,1-2H3. The first kappa shape index (κ1) is 14.1. The lowest BCUT2D eigenvalue weighted by Gasteiger charge is -2.14. The SMILES string of the molecule is CCNC(C)c1cccc(OCCc2ccsc2)c1. The van der Waals surface area contributed by atoms with Crippen LogP contribution in [-0.4, -0.2) is 13.2 Å². The highest BCUT2D eigenvalue weighted by atomic mass is 32.1. The smallest absolute Gasteiger partial charge is 0.119 e. The molecule has 2 rings (SSSR count). The highest BCUT2D eigenvalue weighted by Gasteiger charge is 2.04. The number of rotatable bonds is 7. The second-order valence-corrected chi connectivity index (χ2v) is 5.36. The van der Waals surface area contributed by atoms with Crippen molar-refractivity contribution in [1.29, 1.82) is 0 Å². The molecule has 1 atom stereocenters. The van der Waals surface area contributed by atoms with Crippen LogP contribution in [0.25, 0.3) is 0 Å². The molecular weight excluding hydrogens is 254 g/mol. The van der Waals surface area contributed by atoms with Gasteiger partial charge in [-0.15, -0.1) is 0 Å². The topological polar surface area (TPSA) is 21.3 Å². The van der Waals surface area contributed by atoms with E-state index in [4.69, 9.17) is 4.74 Å². The fourth-order valence-corrected chi connectivity index (χ4v) is 2.72. The predicted octanol–water partition coefficient (Wildman–Crippen LogP) is 4.04. The molecule has 1 aromatic carbocycles. The van der Waals surface area contributed by atoms with Gasteiger partial charge in [-0.1, -0.05) is 19.1 Å². The van der Waals surface area contributed by atoms with Crippen LogP contribution in [0, 0.1) is 0 Å². The van der Waals surface area contributed by atoms with Crippen molar-refractivity contribution in [3.8, 4) is 5.75 Å². The van der Waals surface area contributed by atoms with Crippen LogP contribution in [0.15, 0.2) is 41.1 Å². The van der Waals surface area contributed by atoms with Crippen molar-refractivity contribution >= 4 is 11.3 Å². The van der Waals surface area contributed by atoms with Crippen LogP contribution < -0.4 is 10.1 Å². The minimum Gasteiger partial charge on any atom is -0.493 e. The normalized spacial score (nSPS) is 12.3. The molecule has 1 heterocycles. The molecule has 19 heavy (non-hydrogen) atoms. The number of hydrogen-bond donors (Lipinski definition) is 1. The molecule has 102 valence electrons. The quantitative estimate of drug-likeness (QED) is 0.823. The Morgan fingerprint density at radius 1 is 1.32 bits per heavy atom. The third kappa shape index (κ3) is 4.37. The Balaban J connectivity index is 1.88. The molecule has 0 spiro atoms. The van der Waals surface area contributed by atoms with Gasteiger partial charge in [0, 0.05) is 12.5 Å². The first-order chi connectivity index (χ1) is 9.29.